The van der Waals surface area contributed by atoms with Gasteiger partial charge in [-0.15, -0.1) is 0 Å². The fourth-order valence-corrected chi connectivity index (χ4v) is 2.79. The van der Waals surface area contributed by atoms with E-state index in [1.54, 1.807) is 12.1 Å². The lowest BCUT2D eigenvalue weighted by Crippen LogP contribution is -2.50. The van der Waals surface area contributed by atoms with Crippen LogP contribution in [0.4, 0.5) is 0 Å². The topological polar surface area (TPSA) is 32.7 Å². The lowest BCUT2D eigenvalue weighted by molar-refractivity contribution is -0.0757. The van der Waals surface area contributed by atoms with Crippen LogP contribution >= 0.6 is 0 Å². The Bertz CT molecular complexity index is 626. The van der Waals surface area contributed by atoms with Gasteiger partial charge in [-0.25, -0.2) is 0 Å². The van der Waals surface area contributed by atoms with Crippen molar-refractivity contribution in [3.63, 3.8) is 0 Å². The van der Waals surface area contributed by atoms with Crippen LogP contribution in [0.25, 0.3) is 0 Å². The minimum Gasteiger partial charge on any atom is -0.508 e. The molecule has 3 heteroatoms. The van der Waals surface area contributed by atoms with Gasteiger partial charge in [0.15, 0.2) is 5.72 Å². The smallest absolute Gasteiger partial charge is 0.161 e. The number of hydrogen-bond donors (Lipinski definition) is 1. The van der Waals surface area contributed by atoms with Gasteiger partial charge >= 0.3 is 0 Å². The first-order chi connectivity index (χ1) is 10.1. The number of nitrogens with zero attached hydrogens (tertiary/aromatic N) is 1. The van der Waals surface area contributed by atoms with E-state index in [0.29, 0.717) is 0 Å². The Hall–Kier alpha value is -2.00. The molecule has 1 N–H and O–H groups in total. The molecule has 0 fully saturated rings. The van der Waals surface area contributed by atoms with Crippen molar-refractivity contribution in [2.75, 3.05) is 7.05 Å². The number of phenolic OH excluding ortho intramolecular Hbond substituents is 1. The maximum absolute atomic E-state index is 9.64. The summed E-state index contributed by atoms with van der Waals surface area (Å²) in [5, 5.41) is 9.64. The zero-order valence-electron chi connectivity index (χ0n) is 12.5. The monoisotopic (exact) mass is 283 g/mol. The molecular formula is C18H21NO2. The molecule has 1 heterocycles. The molecular weight excluding hydrogens is 262 g/mol. The van der Waals surface area contributed by atoms with E-state index >= 15 is 0 Å². The van der Waals surface area contributed by atoms with Crippen LogP contribution in [-0.4, -0.2) is 22.8 Å². The summed E-state index contributed by atoms with van der Waals surface area (Å²) in [5.74, 6) is 1.05. The van der Waals surface area contributed by atoms with Gasteiger partial charge in [0.25, 0.3) is 0 Å². The molecule has 2 aromatic rings. The van der Waals surface area contributed by atoms with E-state index in [1.807, 2.05) is 12.1 Å². The van der Waals surface area contributed by atoms with Gasteiger partial charge in [-0.1, -0.05) is 36.4 Å². The highest BCUT2D eigenvalue weighted by molar-refractivity contribution is 5.41. The molecule has 0 aliphatic carbocycles. The van der Waals surface area contributed by atoms with E-state index in [9.17, 15) is 5.11 Å². The first kappa shape index (κ1) is 14.0. The van der Waals surface area contributed by atoms with E-state index < -0.39 is 0 Å². The average Bonchev–Trinajstić information content (AvgIpc) is 2.47. The second kappa shape index (κ2) is 5.41. The van der Waals surface area contributed by atoms with Crippen LogP contribution in [0, 0.1) is 0 Å². The average molecular weight is 283 g/mol. The van der Waals surface area contributed by atoms with Gasteiger partial charge in [0.1, 0.15) is 11.5 Å². The van der Waals surface area contributed by atoms with Gasteiger partial charge in [-0.3, -0.25) is 4.90 Å². The zero-order valence-corrected chi connectivity index (χ0v) is 12.5. The van der Waals surface area contributed by atoms with Crippen molar-refractivity contribution in [3.05, 3.63) is 59.7 Å². The van der Waals surface area contributed by atoms with Crippen LogP contribution in [-0.2, 0) is 13.0 Å². The van der Waals surface area contributed by atoms with Gasteiger partial charge < -0.3 is 9.84 Å². The number of aryl methyl sites for hydroxylation is 1. The number of rotatable bonds is 3. The Labute approximate surface area is 125 Å². The standard InChI is InChI=1S/C18H21NO2/c1-18(19(2)13-14-6-4-3-5-7-14)11-10-15-8-9-16(20)12-17(15)21-18/h3-9,12,20H,10-11,13H2,1-2H3. The summed E-state index contributed by atoms with van der Waals surface area (Å²) in [6, 6.07) is 15.8. The van der Waals surface area contributed by atoms with Crippen molar-refractivity contribution >= 4 is 0 Å². The molecule has 2 aromatic carbocycles. The molecule has 3 nitrogen and oxygen atoms in total. The number of phenols is 1. The van der Waals surface area contributed by atoms with Crippen LogP contribution in [0.5, 0.6) is 11.5 Å². The van der Waals surface area contributed by atoms with E-state index in [2.05, 4.69) is 43.1 Å². The van der Waals surface area contributed by atoms with Gasteiger partial charge in [-0.05, 0) is 37.6 Å². The number of fused-ring (bicyclic) bond motifs is 1. The van der Waals surface area contributed by atoms with Crippen molar-refractivity contribution in [2.24, 2.45) is 0 Å². The van der Waals surface area contributed by atoms with E-state index in [-0.39, 0.29) is 11.5 Å². The number of hydrogen-bond acceptors (Lipinski definition) is 3. The number of ether oxygens (including phenoxy) is 1. The van der Waals surface area contributed by atoms with Crippen LogP contribution < -0.4 is 4.74 Å². The van der Waals surface area contributed by atoms with Crippen LogP contribution in [0.3, 0.4) is 0 Å². The molecule has 1 unspecified atom stereocenters. The molecule has 0 spiro atoms. The summed E-state index contributed by atoms with van der Waals surface area (Å²) < 4.78 is 6.20. The molecule has 21 heavy (non-hydrogen) atoms. The summed E-state index contributed by atoms with van der Waals surface area (Å²) in [5.41, 5.74) is 2.08. The molecule has 1 aliphatic rings. The minimum absolute atomic E-state index is 0.253. The van der Waals surface area contributed by atoms with Crippen LogP contribution in [0.15, 0.2) is 48.5 Å². The van der Waals surface area contributed by atoms with Crippen LogP contribution in [0.1, 0.15) is 24.5 Å². The number of benzene rings is 2. The predicted octanol–water partition coefficient (Wildman–Crippen LogP) is 3.57. The van der Waals surface area contributed by atoms with Crippen molar-refractivity contribution in [2.45, 2.75) is 32.0 Å². The predicted molar refractivity (Wildman–Crippen MR) is 83.4 cm³/mol. The summed E-state index contributed by atoms with van der Waals surface area (Å²) in [4.78, 5) is 2.23. The highest BCUT2D eigenvalue weighted by Gasteiger charge is 2.35. The van der Waals surface area contributed by atoms with Crippen molar-refractivity contribution in [1.29, 1.82) is 0 Å². The first-order valence-corrected chi connectivity index (χ1v) is 7.33. The SMILES string of the molecule is CN(Cc1ccccc1)C1(C)CCc2ccc(O)cc2O1. The lowest BCUT2D eigenvalue weighted by atomic mass is 9.97. The maximum Gasteiger partial charge on any atom is 0.161 e. The van der Waals surface area contributed by atoms with E-state index in [4.69, 9.17) is 4.74 Å². The Morgan fingerprint density at radius 2 is 1.95 bits per heavy atom. The summed E-state index contributed by atoms with van der Waals surface area (Å²) in [6.45, 7) is 2.95. The summed E-state index contributed by atoms with van der Waals surface area (Å²) in [6.07, 6.45) is 1.90. The van der Waals surface area contributed by atoms with Crippen molar-refractivity contribution < 1.29 is 9.84 Å². The molecule has 110 valence electrons. The van der Waals surface area contributed by atoms with Gasteiger partial charge in [0.05, 0.1) is 0 Å². The molecule has 0 radical (unpaired) electrons. The van der Waals surface area contributed by atoms with Crippen LogP contribution in [0.2, 0.25) is 0 Å². The third kappa shape index (κ3) is 2.88. The van der Waals surface area contributed by atoms with Gasteiger partial charge in [-0.2, -0.15) is 0 Å². The Morgan fingerprint density at radius 3 is 2.71 bits per heavy atom. The van der Waals surface area contributed by atoms with Gasteiger partial charge in [0, 0.05) is 19.0 Å². The van der Waals surface area contributed by atoms with Gasteiger partial charge in [0.2, 0.25) is 0 Å². The molecule has 0 bridgehead atoms. The second-order valence-electron chi connectivity index (χ2n) is 5.91. The fraction of sp³-hybridized carbons (Fsp3) is 0.333. The summed E-state index contributed by atoms with van der Waals surface area (Å²) in [7, 11) is 2.08. The molecule has 0 aromatic heterocycles. The highest BCUT2D eigenvalue weighted by Crippen LogP contribution is 2.37. The van der Waals surface area contributed by atoms with E-state index in [1.165, 1.54) is 11.1 Å². The second-order valence-corrected chi connectivity index (χ2v) is 5.91. The van der Waals surface area contributed by atoms with Crippen molar-refractivity contribution in [3.8, 4) is 11.5 Å². The molecule has 1 atom stereocenters. The molecule has 1 aliphatic heterocycles. The third-order valence-electron chi connectivity index (χ3n) is 4.31. The fourth-order valence-electron chi connectivity index (χ4n) is 2.79. The maximum atomic E-state index is 9.64. The minimum atomic E-state index is -0.351. The normalized spacial score (nSPS) is 20.9. The largest absolute Gasteiger partial charge is 0.508 e. The number of aromatic hydroxyl groups is 1. The Morgan fingerprint density at radius 1 is 1.19 bits per heavy atom. The summed E-state index contributed by atoms with van der Waals surface area (Å²) >= 11 is 0. The van der Waals surface area contributed by atoms with Crippen molar-refractivity contribution in [1.82, 2.24) is 4.90 Å². The van der Waals surface area contributed by atoms with E-state index in [0.717, 1.165) is 25.1 Å². The lowest BCUT2D eigenvalue weighted by Gasteiger charge is -2.42. The highest BCUT2D eigenvalue weighted by atomic mass is 16.5. The third-order valence-corrected chi connectivity index (χ3v) is 4.31. The Balaban J connectivity index is 1.78. The zero-order chi connectivity index (χ0) is 14.9. The molecule has 3 rings (SSSR count). The molecule has 0 saturated carbocycles. The first-order valence-electron chi connectivity index (χ1n) is 7.33. The Kier molecular flexibility index (Phi) is 3.60. The molecule has 0 amide bonds. The molecule has 0 saturated heterocycles. The quantitative estimate of drug-likeness (QED) is 0.934.